The Kier molecular flexibility index (Phi) is 4.50. The normalized spacial score (nSPS) is 13.4. The van der Waals surface area contributed by atoms with E-state index in [4.69, 9.17) is 0 Å². The van der Waals surface area contributed by atoms with Crippen LogP contribution in [0.1, 0.15) is 22.5 Å². The van der Waals surface area contributed by atoms with Crippen molar-refractivity contribution in [2.45, 2.75) is 25.9 Å². The number of nitrogens with one attached hydrogen (secondary N) is 3. The Morgan fingerprint density at radius 2 is 2.04 bits per heavy atom. The van der Waals surface area contributed by atoms with Crippen molar-refractivity contribution in [2.24, 2.45) is 0 Å². The molecule has 1 aromatic heterocycles. The Hall–Kier alpha value is -2.99. The quantitative estimate of drug-likeness (QED) is 0.666. The summed E-state index contributed by atoms with van der Waals surface area (Å²) >= 11 is 0. The summed E-state index contributed by atoms with van der Waals surface area (Å²) in [6, 6.07) is 13.3. The fraction of sp³-hybridized carbons (Fsp3) is 0.250. The minimum Gasteiger partial charge on any atom is -0.349 e. The van der Waals surface area contributed by atoms with Crippen LogP contribution in [-0.2, 0) is 30.7 Å². The van der Waals surface area contributed by atoms with Crippen molar-refractivity contribution in [2.75, 3.05) is 6.54 Å². The molecule has 1 aliphatic heterocycles. The van der Waals surface area contributed by atoms with E-state index >= 15 is 0 Å². The highest BCUT2D eigenvalue weighted by Gasteiger charge is 2.14. The molecule has 3 aromatic rings. The summed E-state index contributed by atoms with van der Waals surface area (Å²) in [7, 11) is 0. The van der Waals surface area contributed by atoms with Gasteiger partial charge in [0, 0.05) is 6.54 Å². The molecule has 0 unspecified atom stereocenters. The van der Waals surface area contributed by atoms with Gasteiger partial charge < -0.3 is 15.6 Å². The first-order chi connectivity index (χ1) is 12.7. The highest BCUT2D eigenvalue weighted by molar-refractivity contribution is 5.79. The van der Waals surface area contributed by atoms with Gasteiger partial charge in [0.15, 0.2) is 0 Å². The van der Waals surface area contributed by atoms with Gasteiger partial charge in [-0.25, -0.2) is 4.98 Å². The molecule has 6 nitrogen and oxygen atoms in total. The van der Waals surface area contributed by atoms with Gasteiger partial charge in [-0.1, -0.05) is 30.3 Å². The lowest BCUT2D eigenvalue weighted by atomic mass is 9.94. The first-order valence-electron chi connectivity index (χ1n) is 8.76. The number of carbonyl (C=O) groups excluding carboxylic acids is 1. The molecule has 6 heteroatoms. The van der Waals surface area contributed by atoms with Crippen molar-refractivity contribution in [1.82, 2.24) is 20.6 Å². The number of hydrogen-bond acceptors (Lipinski definition) is 4. The lowest BCUT2D eigenvalue weighted by molar-refractivity contribution is -0.120. The molecule has 4 rings (SSSR count). The third-order valence-electron chi connectivity index (χ3n) is 4.70. The van der Waals surface area contributed by atoms with Crippen molar-refractivity contribution in [3.8, 4) is 0 Å². The standard InChI is InChI=1S/C20H20N4O2/c25-19(10-13-4-3-5-14-11-21-9-8-15(13)14)22-12-18-23-17-7-2-1-6-16(17)20(26)24-18/h1-7,21H,8-12H2,(H,22,25)(H,23,24,26). The predicted molar refractivity (Wildman–Crippen MR) is 99.8 cm³/mol. The molecule has 1 amide bonds. The number of rotatable bonds is 4. The number of amides is 1. The lowest BCUT2D eigenvalue weighted by Crippen LogP contribution is -2.29. The van der Waals surface area contributed by atoms with Crippen molar-refractivity contribution in [3.63, 3.8) is 0 Å². The molecule has 132 valence electrons. The summed E-state index contributed by atoms with van der Waals surface area (Å²) < 4.78 is 0. The molecule has 2 heterocycles. The molecule has 2 aromatic carbocycles. The van der Waals surface area contributed by atoms with Crippen molar-refractivity contribution in [1.29, 1.82) is 0 Å². The van der Waals surface area contributed by atoms with Crippen LogP contribution in [0, 0.1) is 0 Å². The zero-order valence-corrected chi connectivity index (χ0v) is 14.3. The van der Waals surface area contributed by atoms with E-state index in [-0.39, 0.29) is 18.0 Å². The Morgan fingerprint density at radius 3 is 2.96 bits per heavy atom. The van der Waals surface area contributed by atoms with Crippen LogP contribution < -0.4 is 16.2 Å². The van der Waals surface area contributed by atoms with Gasteiger partial charge in [0.05, 0.1) is 23.9 Å². The Bertz CT molecular complexity index is 1030. The smallest absolute Gasteiger partial charge is 0.258 e. The molecule has 3 N–H and O–H groups in total. The summed E-state index contributed by atoms with van der Waals surface area (Å²) in [5, 5.41) is 6.75. The van der Waals surface area contributed by atoms with Gasteiger partial charge in [0.25, 0.3) is 5.56 Å². The molecule has 1 aliphatic rings. The van der Waals surface area contributed by atoms with Crippen LogP contribution in [0.25, 0.3) is 10.9 Å². The van der Waals surface area contributed by atoms with Crippen LogP contribution in [0.2, 0.25) is 0 Å². The molecular weight excluding hydrogens is 328 g/mol. The molecule has 0 spiro atoms. The van der Waals surface area contributed by atoms with Crippen molar-refractivity contribution >= 4 is 16.8 Å². The molecule has 26 heavy (non-hydrogen) atoms. The molecule has 0 atom stereocenters. The number of hydrogen-bond donors (Lipinski definition) is 3. The number of fused-ring (bicyclic) bond motifs is 2. The minimum atomic E-state index is -0.190. The van der Waals surface area contributed by atoms with E-state index in [1.54, 1.807) is 18.2 Å². The summed E-state index contributed by atoms with van der Waals surface area (Å²) in [5.74, 6) is 0.383. The van der Waals surface area contributed by atoms with Crippen LogP contribution >= 0.6 is 0 Å². The van der Waals surface area contributed by atoms with Gasteiger partial charge in [-0.3, -0.25) is 9.59 Å². The molecule has 0 saturated carbocycles. The second-order valence-corrected chi connectivity index (χ2v) is 6.46. The molecule has 0 radical (unpaired) electrons. The highest BCUT2D eigenvalue weighted by atomic mass is 16.1. The van der Waals surface area contributed by atoms with E-state index in [2.05, 4.69) is 26.7 Å². The monoisotopic (exact) mass is 348 g/mol. The van der Waals surface area contributed by atoms with Crippen LogP contribution in [0.4, 0.5) is 0 Å². The van der Waals surface area contributed by atoms with E-state index < -0.39 is 0 Å². The average Bonchev–Trinajstić information content (AvgIpc) is 2.67. The number of aromatic nitrogens is 2. The highest BCUT2D eigenvalue weighted by Crippen LogP contribution is 2.19. The van der Waals surface area contributed by atoms with Crippen molar-refractivity contribution in [3.05, 3.63) is 75.3 Å². The van der Waals surface area contributed by atoms with Gasteiger partial charge in [0.2, 0.25) is 5.91 Å². The molecule has 0 bridgehead atoms. The molecule has 0 saturated heterocycles. The summed E-state index contributed by atoms with van der Waals surface area (Å²) in [6.07, 6.45) is 1.28. The lowest BCUT2D eigenvalue weighted by Gasteiger charge is -2.20. The number of aromatic amines is 1. The number of nitrogens with zero attached hydrogens (tertiary/aromatic N) is 1. The third-order valence-corrected chi connectivity index (χ3v) is 4.70. The fourth-order valence-corrected chi connectivity index (χ4v) is 3.41. The van der Waals surface area contributed by atoms with E-state index in [0.29, 0.717) is 23.1 Å². The Labute approximate surface area is 150 Å². The van der Waals surface area contributed by atoms with Crippen LogP contribution in [0.15, 0.2) is 47.3 Å². The number of benzene rings is 2. The zero-order valence-electron chi connectivity index (χ0n) is 14.3. The van der Waals surface area contributed by atoms with E-state index in [1.807, 2.05) is 18.2 Å². The zero-order chi connectivity index (χ0) is 17.9. The van der Waals surface area contributed by atoms with E-state index in [0.717, 1.165) is 25.1 Å². The maximum atomic E-state index is 12.4. The number of H-pyrrole nitrogens is 1. The van der Waals surface area contributed by atoms with Crippen LogP contribution in [0.5, 0.6) is 0 Å². The van der Waals surface area contributed by atoms with Gasteiger partial charge in [-0.05, 0) is 41.8 Å². The second kappa shape index (κ2) is 7.09. The summed E-state index contributed by atoms with van der Waals surface area (Å²) in [4.78, 5) is 31.6. The SMILES string of the molecule is O=C(Cc1cccc2c1CCNC2)NCc1nc2ccccc2c(=O)[nH]1. The van der Waals surface area contributed by atoms with Crippen LogP contribution in [0.3, 0.4) is 0 Å². The number of carbonyl (C=O) groups is 1. The van der Waals surface area contributed by atoms with Gasteiger partial charge in [0.1, 0.15) is 5.82 Å². The van der Waals surface area contributed by atoms with Crippen molar-refractivity contribution < 1.29 is 4.79 Å². The first kappa shape index (κ1) is 16.5. The third kappa shape index (κ3) is 3.36. The average molecular weight is 348 g/mol. The minimum absolute atomic E-state index is 0.0762. The molecule has 0 aliphatic carbocycles. The Balaban J connectivity index is 1.46. The predicted octanol–water partition coefficient (Wildman–Crippen LogP) is 1.43. The van der Waals surface area contributed by atoms with Gasteiger partial charge >= 0.3 is 0 Å². The van der Waals surface area contributed by atoms with Crippen LogP contribution in [-0.4, -0.2) is 22.4 Å². The maximum Gasteiger partial charge on any atom is 0.258 e. The second-order valence-electron chi connectivity index (χ2n) is 6.46. The fourth-order valence-electron chi connectivity index (χ4n) is 3.41. The first-order valence-corrected chi connectivity index (χ1v) is 8.76. The largest absolute Gasteiger partial charge is 0.349 e. The van der Waals surface area contributed by atoms with E-state index in [9.17, 15) is 9.59 Å². The number of para-hydroxylation sites is 1. The topological polar surface area (TPSA) is 86.9 Å². The van der Waals surface area contributed by atoms with E-state index in [1.165, 1.54) is 11.1 Å². The van der Waals surface area contributed by atoms with Gasteiger partial charge in [-0.2, -0.15) is 0 Å². The summed E-state index contributed by atoms with van der Waals surface area (Å²) in [5.41, 5.74) is 4.05. The molecular formula is C20H20N4O2. The van der Waals surface area contributed by atoms with Gasteiger partial charge in [-0.15, -0.1) is 0 Å². The maximum absolute atomic E-state index is 12.4. The molecule has 0 fully saturated rings. The Morgan fingerprint density at radius 1 is 1.15 bits per heavy atom. The summed E-state index contributed by atoms with van der Waals surface area (Å²) in [6.45, 7) is 2.00.